The van der Waals surface area contributed by atoms with Crippen LogP contribution >= 0.6 is 0 Å². The molecule has 1 N–H and O–H groups in total. The van der Waals surface area contributed by atoms with Gasteiger partial charge in [-0.25, -0.2) is 0 Å². The molecule has 3 aromatic carbocycles. The van der Waals surface area contributed by atoms with E-state index < -0.39 is 0 Å². The molecule has 0 aliphatic heterocycles. The monoisotopic (exact) mass is 303 g/mol. The molecular weight excluding hydrogens is 286 g/mol. The highest BCUT2D eigenvalue weighted by atomic mass is 16.2. The van der Waals surface area contributed by atoms with Gasteiger partial charge < -0.3 is 5.32 Å². The number of rotatable bonds is 4. The minimum Gasteiger partial charge on any atom is -0.355 e. The summed E-state index contributed by atoms with van der Waals surface area (Å²) in [7, 11) is 1.56. The van der Waals surface area contributed by atoms with E-state index in [1.165, 1.54) is 0 Å². The predicted octanol–water partition coefficient (Wildman–Crippen LogP) is 3.62. The first-order valence-electron chi connectivity index (χ1n) is 7.51. The molecule has 114 valence electrons. The maximum absolute atomic E-state index is 12.7. The van der Waals surface area contributed by atoms with Crippen LogP contribution in [0, 0.1) is 0 Å². The molecule has 0 saturated carbocycles. The fourth-order valence-corrected chi connectivity index (χ4v) is 2.77. The van der Waals surface area contributed by atoms with Crippen LogP contribution in [-0.2, 0) is 6.42 Å². The lowest BCUT2D eigenvalue weighted by Gasteiger charge is -2.09. The molecule has 23 heavy (non-hydrogen) atoms. The Balaban J connectivity index is 1.98. The summed E-state index contributed by atoms with van der Waals surface area (Å²) in [4.78, 5) is 24.7. The number of carbonyl (C=O) groups is 2. The fraction of sp³-hybridized carbons (Fsp3) is 0.100. The highest BCUT2D eigenvalue weighted by Crippen LogP contribution is 2.21. The molecule has 0 aromatic heterocycles. The number of Topliss-reactive ketones (excluding diaryl/α,β-unsaturated/α-hetero) is 1. The summed E-state index contributed by atoms with van der Waals surface area (Å²) in [5.41, 5.74) is 1.85. The number of amides is 1. The lowest BCUT2D eigenvalue weighted by atomic mass is 9.95. The molecule has 3 rings (SSSR count). The molecule has 3 heteroatoms. The second kappa shape index (κ2) is 6.44. The molecule has 0 radical (unpaired) electrons. The maximum atomic E-state index is 12.7. The molecule has 0 saturated heterocycles. The molecule has 1 amide bonds. The van der Waals surface area contributed by atoms with Crippen LogP contribution in [0.1, 0.15) is 26.3 Å². The van der Waals surface area contributed by atoms with Crippen molar-refractivity contribution < 1.29 is 9.59 Å². The third-order valence-electron chi connectivity index (χ3n) is 3.93. The Bertz CT molecular complexity index is 878. The highest BCUT2D eigenvalue weighted by molar-refractivity contribution is 6.09. The molecule has 0 spiro atoms. The Morgan fingerprint density at radius 1 is 0.826 bits per heavy atom. The molecule has 0 unspecified atom stereocenters. The van der Waals surface area contributed by atoms with Gasteiger partial charge in [-0.3, -0.25) is 9.59 Å². The first-order valence-corrected chi connectivity index (χ1v) is 7.51. The average Bonchev–Trinajstić information content (AvgIpc) is 2.61. The number of ketones is 1. The maximum Gasteiger partial charge on any atom is 0.251 e. The predicted molar refractivity (Wildman–Crippen MR) is 91.8 cm³/mol. The van der Waals surface area contributed by atoms with Crippen LogP contribution in [0.2, 0.25) is 0 Å². The lowest BCUT2D eigenvalue weighted by Crippen LogP contribution is -2.21. The average molecular weight is 303 g/mol. The van der Waals surface area contributed by atoms with Crippen molar-refractivity contribution in [3.8, 4) is 0 Å². The van der Waals surface area contributed by atoms with Crippen LogP contribution in [0.3, 0.4) is 0 Å². The zero-order valence-corrected chi connectivity index (χ0v) is 12.9. The van der Waals surface area contributed by atoms with Crippen LogP contribution in [0.25, 0.3) is 10.8 Å². The fourth-order valence-electron chi connectivity index (χ4n) is 2.77. The third-order valence-corrected chi connectivity index (χ3v) is 3.93. The van der Waals surface area contributed by atoms with E-state index >= 15 is 0 Å². The van der Waals surface area contributed by atoms with Gasteiger partial charge in [0.25, 0.3) is 5.91 Å². The Kier molecular flexibility index (Phi) is 4.20. The molecule has 0 fully saturated rings. The van der Waals surface area contributed by atoms with Gasteiger partial charge in [-0.15, -0.1) is 0 Å². The molecule has 3 aromatic rings. The van der Waals surface area contributed by atoms with Gasteiger partial charge in [0, 0.05) is 19.0 Å². The van der Waals surface area contributed by atoms with Gasteiger partial charge in [0.1, 0.15) is 0 Å². The Hall–Kier alpha value is -2.94. The van der Waals surface area contributed by atoms with Crippen molar-refractivity contribution in [2.24, 2.45) is 0 Å². The number of hydrogen-bond acceptors (Lipinski definition) is 2. The summed E-state index contributed by atoms with van der Waals surface area (Å²) in [5, 5.41) is 4.76. The van der Waals surface area contributed by atoms with Crippen molar-refractivity contribution in [1.82, 2.24) is 5.32 Å². The van der Waals surface area contributed by atoms with E-state index in [-0.39, 0.29) is 18.1 Å². The van der Waals surface area contributed by atoms with Gasteiger partial charge in [-0.2, -0.15) is 0 Å². The van der Waals surface area contributed by atoms with Gasteiger partial charge in [0.05, 0.1) is 5.56 Å². The summed E-state index contributed by atoms with van der Waals surface area (Å²) in [6.07, 6.45) is 0.273. The molecule has 0 aliphatic rings. The Labute approximate surface area is 135 Å². The van der Waals surface area contributed by atoms with Crippen molar-refractivity contribution in [3.63, 3.8) is 0 Å². The van der Waals surface area contributed by atoms with Crippen molar-refractivity contribution in [3.05, 3.63) is 83.4 Å². The summed E-state index contributed by atoms with van der Waals surface area (Å²) >= 11 is 0. The summed E-state index contributed by atoms with van der Waals surface area (Å²) in [6, 6.07) is 20.9. The van der Waals surface area contributed by atoms with E-state index in [4.69, 9.17) is 0 Å². The summed E-state index contributed by atoms with van der Waals surface area (Å²) in [6.45, 7) is 0. The summed E-state index contributed by atoms with van der Waals surface area (Å²) in [5.74, 6) is -0.299. The normalized spacial score (nSPS) is 10.5. The van der Waals surface area contributed by atoms with E-state index in [9.17, 15) is 9.59 Å². The highest BCUT2D eigenvalue weighted by Gasteiger charge is 2.16. The van der Waals surface area contributed by atoms with Crippen LogP contribution in [0.15, 0.2) is 66.7 Å². The van der Waals surface area contributed by atoms with Gasteiger partial charge in [-0.1, -0.05) is 60.7 Å². The van der Waals surface area contributed by atoms with Crippen molar-refractivity contribution in [2.75, 3.05) is 7.05 Å². The zero-order valence-electron chi connectivity index (χ0n) is 12.9. The molecule has 0 atom stereocenters. The van der Waals surface area contributed by atoms with E-state index in [0.29, 0.717) is 11.1 Å². The number of fused-ring (bicyclic) bond motifs is 1. The van der Waals surface area contributed by atoms with E-state index in [1.54, 1.807) is 31.3 Å². The van der Waals surface area contributed by atoms with E-state index in [1.807, 2.05) is 42.5 Å². The van der Waals surface area contributed by atoms with Crippen LogP contribution in [0.4, 0.5) is 0 Å². The van der Waals surface area contributed by atoms with Gasteiger partial charge in [0.2, 0.25) is 0 Å². The second-order valence-corrected chi connectivity index (χ2v) is 5.36. The quantitative estimate of drug-likeness (QED) is 0.748. The van der Waals surface area contributed by atoms with E-state index in [2.05, 4.69) is 5.32 Å². The minimum absolute atomic E-state index is 0.0550. The largest absolute Gasteiger partial charge is 0.355 e. The minimum atomic E-state index is -0.244. The Morgan fingerprint density at radius 2 is 1.48 bits per heavy atom. The lowest BCUT2D eigenvalue weighted by molar-refractivity contribution is 0.0941. The topological polar surface area (TPSA) is 46.2 Å². The number of carbonyl (C=O) groups excluding carboxylic acids is 2. The van der Waals surface area contributed by atoms with E-state index in [0.717, 1.165) is 16.3 Å². The SMILES string of the molecule is CNC(=O)c1ccccc1C(=O)Cc1cccc2ccccc12. The zero-order chi connectivity index (χ0) is 16.2. The second-order valence-electron chi connectivity index (χ2n) is 5.36. The first kappa shape index (κ1) is 15.0. The van der Waals surface area contributed by atoms with Crippen molar-refractivity contribution in [2.45, 2.75) is 6.42 Å². The number of benzene rings is 3. The van der Waals surface area contributed by atoms with Crippen molar-refractivity contribution in [1.29, 1.82) is 0 Å². The standard InChI is InChI=1S/C20H17NO2/c1-21-20(23)18-12-5-4-11-17(18)19(22)13-15-9-6-8-14-7-2-3-10-16(14)15/h2-12H,13H2,1H3,(H,21,23). The Morgan fingerprint density at radius 3 is 2.26 bits per heavy atom. The molecule has 0 bridgehead atoms. The summed E-state index contributed by atoms with van der Waals surface area (Å²) < 4.78 is 0. The first-order chi connectivity index (χ1) is 11.2. The van der Waals surface area contributed by atoms with Crippen molar-refractivity contribution >= 4 is 22.5 Å². The van der Waals surface area contributed by atoms with Crippen LogP contribution < -0.4 is 5.32 Å². The smallest absolute Gasteiger partial charge is 0.251 e. The van der Waals surface area contributed by atoms with Gasteiger partial charge in [0.15, 0.2) is 5.78 Å². The molecule has 0 aliphatic carbocycles. The van der Waals surface area contributed by atoms with Crippen LogP contribution in [0.5, 0.6) is 0 Å². The van der Waals surface area contributed by atoms with Gasteiger partial charge >= 0.3 is 0 Å². The van der Waals surface area contributed by atoms with Gasteiger partial charge in [-0.05, 0) is 22.4 Å². The molecule has 3 nitrogen and oxygen atoms in total. The van der Waals surface area contributed by atoms with Crippen LogP contribution in [-0.4, -0.2) is 18.7 Å². The molecular formula is C20H17NO2. The number of hydrogen-bond donors (Lipinski definition) is 1. The molecule has 0 heterocycles. The third kappa shape index (κ3) is 2.99. The number of nitrogens with one attached hydrogen (secondary N) is 1.